The molecular weight excluding hydrogens is 678 g/mol. The van der Waals surface area contributed by atoms with Crippen LogP contribution in [0.5, 0.6) is 0 Å². The quantitative estimate of drug-likeness (QED) is 0.196. The van der Waals surface area contributed by atoms with Crippen molar-refractivity contribution in [2.45, 2.75) is 51.0 Å². The van der Waals surface area contributed by atoms with Crippen molar-refractivity contribution in [3.8, 4) is 11.3 Å². The summed E-state index contributed by atoms with van der Waals surface area (Å²) in [6.07, 6.45) is 12.9. The molecule has 3 aliphatic rings. The minimum absolute atomic E-state index is 0.185. The lowest BCUT2D eigenvalue weighted by Crippen LogP contribution is -2.48. The van der Waals surface area contributed by atoms with E-state index in [1.54, 1.807) is 36.1 Å². The Kier molecular flexibility index (Phi) is 9.88. The monoisotopic (exact) mass is 722 g/mol. The average molecular weight is 723 g/mol. The van der Waals surface area contributed by atoms with E-state index in [0.717, 1.165) is 88.9 Å². The summed E-state index contributed by atoms with van der Waals surface area (Å²) in [5.41, 5.74) is 4.57. The normalized spacial score (nSPS) is 20.5. The molecule has 6 heterocycles. The van der Waals surface area contributed by atoms with Crippen LogP contribution in [0.25, 0.3) is 16.9 Å². The number of halogens is 2. The number of nitrogens with one attached hydrogen (secondary N) is 2. The Labute approximate surface area is 306 Å². The third-order valence-electron chi connectivity index (χ3n) is 11.0. The fourth-order valence-corrected chi connectivity index (χ4v) is 7.87. The second-order valence-electron chi connectivity index (χ2n) is 14.4. The molecule has 1 unspecified atom stereocenters. The van der Waals surface area contributed by atoms with Gasteiger partial charge in [0.15, 0.2) is 11.5 Å². The van der Waals surface area contributed by atoms with E-state index in [9.17, 15) is 18.4 Å². The average Bonchev–Trinajstić information content (AvgIpc) is 3.79. The highest BCUT2D eigenvalue weighted by Crippen LogP contribution is 2.31. The molecule has 53 heavy (non-hydrogen) atoms. The summed E-state index contributed by atoms with van der Waals surface area (Å²) < 4.78 is 32.5. The van der Waals surface area contributed by atoms with Crippen LogP contribution >= 0.6 is 0 Å². The number of carbonyl (C=O) groups is 2. The molecule has 2 N–H and O–H groups in total. The standard InChI is InChI=1S/C39H44F2N10O2/c1-26-21-32(34(41)22-33(26)40)35-24-43-37(38-42-11-14-50(35)38)45-28-23-44-51(25-28)30-3-2-12-47(13-10-30)15-16-48-17-19-49(20-18-48)29-6-4-27(5-7-29)31-8-9-36(52)46-39(31)53/h4-7,11,14,21-25,30-31H,2-3,8-10,12-13,15-20H2,1H3,(H,43,45)(H,46,52,53)/t30-,31?/m0/s1. The number of anilines is 3. The van der Waals surface area contributed by atoms with Crippen LogP contribution in [-0.4, -0.2) is 98.1 Å². The van der Waals surface area contributed by atoms with Gasteiger partial charge in [-0.1, -0.05) is 12.1 Å². The Morgan fingerprint density at radius 3 is 2.47 bits per heavy atom. The molecular formula is C39H44F2N10O2. The van der Waals surface area contributed by atoms with Crippen molar-refractivity contribution in [2.75, 3.05) is 62.6 Å². The molecule has 5 aromatic rings. The highest BCUT2D eigenvalue weighted by atomic mass is 19.1. The number of benzene rings is 2. The molecule has 0 spiro atoms. The van der Waals surface area contributed by atoms with Crippen molar-refractivity contribution < 1.29 is 18.4 Å². The third kappa shape index (κ3) is 7.51. The first kappa shape index (κ1) is 34.9. The second kappa shape index (κ2) is 15.0. The van der Waals surface area contributed by atoms with Crippen molar-refractivity contribution in [1.29, 1.82) is 0 Å². The fourth-order valence-electron chi connectivity index (χ4n) is 7.87. The van der Waals surface area contributed by atoms with E-state index in [0.29, 0.717) is 41.6 Å². The zero-order valence-electron chi connectivity index (χ0n) is 29.8. The Bertz CT molecular complexity index is 2110. The van der Waals surface area contributed by atoms with Gasteiger partial charge in [-0.3, -0.25) is 28.9 Å². The number of nitrogens with zero attached hydrogens (tertiary/aromatic N) is 8. The van der Waals surface area contributed by atoms with Gasteiger partial charge >= 0.3 is 0 Å². The lowest BCUT2D eigenvalue weighted by Gasteiger charge is -2.37. The van der Waals surface area contributed by atoms with E-state index in [-0.39, 0.29) is 23.3 Å². The summed E-state index contributed by atoms with van der Waals surface area (Å²) in [6, 6.07) is 11.0. The van der Waals surface area contributed by atoms with Gasteiger partial charge in [0.25, 0.3) is 0 Å². The van der Waals surface area contributed by atoms with Crippen LogP contribution in [-0.2, 0) is 9.59 Å². The van der Waals surface area contributed by atoms with E-state index in [2.05, 4.69) is 52.1 Å². The van der Waals surface area contributed by atoms with Gasteiger partial charge in [0.2, 0.25) is 11.8 Å². The van der Waals surface area contributed by atoms with Crippen molar-refractivity contribution in [1.82, 2.24) is 39.3 Å². The number of fused-ring (bicyclic) bond motifs is 1. The SMILES string of the molecule is Cc1cc(-c2cnc(Nc3cnn([C@H]4CCCN(CCN5CCN(c6ccc(C7CCC(=O)NC7=O)cc6)CC5)CC4)c3)c3nccn23)c(F)cc1F. The smallest absolute Gasteiger partial charge is 0.234 e. The van der Waals surface area contributed by atoms with Gasteiger partial charge in [-0.2, -0.15) is 5.10 Å². The number of rotatable bonds is 9. The zero-order valence-corrected chi connectivity index (χ0v) is 29.8. The number of imidazole rings is 1. The van der Waals surface area contributed by atoms with Gasteiger partial charge < -0.3 is 15.1 Å². The number of hydrogen-bond acceptors (Lipinski definition) is 9. The molecule has 8 rings (SSSR count). The van der Waals surface area contributed by atoms with Crippen LogP contribution in [0, 0.1) is 18.6 Å². The number of carbonyl (C=O) groups excluding carboxylic acids is 2. The summed E-state index contributed by atoms with van der Waals surface area (Å²) in [5, 5.41) is 10.5. The molecule has 3 aliphatic heterocycles. The highest BCUT2D eigenvalue weighted by Gasteiger charge is 2.28. The second-order valence-corrected chi connectivity index (χ2v) is 14.4. The number of amides is 2. The van der Waals surface area contributed by atoms with Gasteiger partial charge in [0, 0.05) is 88.1 Å². The van der Waals surface area contributed by atoms with Gasteiger partial charge in [-0.25, -0.2) is 18.7 Å². The Morgan fingerprint density at radius 2 is 1.68 bits per heavy atom. The van der Waals surface area contributed by atoms with Gasteiger partial charge in [-0.15, -0.1) is 0 Å². The molecule has 2 atom stereocenters. The van der Waals surface area contributed by atoms with Crippen LogP contribution in [0.4, 0.5) is 26.0 Å². The van der Waals surface area contributed by atoms with Crippen LogP contribution in [0.15, 0.2) is 67.4 Å². The first-order valence-corrected chi connectivity index (χ1v) is 18.5. The van der Waals surface area contributed by atoms with Crippen molar-refractivity contribution in [3.63, 3.8) is 0 Å². The molecule has 3 aromatic heterocycles. The number of aryl methyl sites for hydroxylation is 1. The lowest BCUT2D eigenvalue weighted by molar-refractivity contribution is -0.134. The van der Waals surface area contributed by atoms with Gasteiger partial charge in [0.1, 0.15) is 11.6 Å². The van der Waals surface area contributed by atoms with Gasteiger partial charge in [0.05, 0.1) is 35.7 Å². The molecule has 3 fully saturated rings. The third-order valence-corrected chi connectivity index (χ3v) is 11.0. The molecule has 14 heteroatoms. The number of imide groups is 1. The fraction of sp³-hybridized carbons (Fsp3) is 0.410. The Balaban J connectivity index is 0.812. The summed E-state index contributed by atoms with van der Waals surface area (Å²) in [4.78, 5) is 40.4. The van der Waals surface area contributed by atoms with Crippen molar-refractivity contribution in [2.24, 2.45) is 0 Å². The van der Waals surface area contributed by atoms with E-state index in [1.807, 2.05) is 18.3 Å². The number of aromatic nitrogens is 5. The maximum absolute atomic E-state index is 14.7. The molecule has 276 valence electrons. The first-order chi connectivity index (χ1) is 25.8. The predicted molar refractivity (Wildman–Crippen MR) is 198 cm³/mol. The lowest BCUT2D eigenvalue weighted by atomic mass is 9.90. The largest absolute Gasteiger partial charge is 0.369 e. The van der Waals surface area contributed by atoms with Gasteiger partial charge in [-0.05, 0) is 68.5 Å². The van der Waals surface area contributed by atoms with Crippen LogP contribution < -0.4 is 15.5 Å². The zero-order chi connectivity index (χ0) is 36.5. The first-order valence-electron chi connectivity index (χ1n) is 18.5. The molecule has 0 radical (unpaired) electrons. The molecule has 2 amide bonds. The topological polar surface area (TPSA) is 116 Å². The van der Waals surface area contributed by atoms with E-state index < -0.39 is 11.6 Å². The molecule has 0 bridgehead atoms. The number of hydrogen-bond donors (Lipinski definition) is 2. The summed E-state index contributed by atoms with van der Waals surface area (Å²) >= 11 is 0. The van der Waals surface area contributed by atoms with E-state index in [4.69, 9.17) is 5.10 Å². The Morgan fingerprint density at radius 1 is 0.887 bits per heavy atom. The number of piperidine rings is 1. The summed E-state index contributed by atoms with van der Waals surface area (Å²) in [7, 11) is 0. The minimum atomic E-state index is -0.652. The number of piperazine rings is 1. The summed E-state index contributed by atoms with van der Waals surface area (Å²) in [5.74, 6) is -1.34. The maximum atomic E-state index is 14.7. The van der Waals surface area contributed by atoms with Crippen LogP contribution in [0.1, 0.15) is 55.2 Å². The summed E-state index contributed by atoms with van der Waals surface area (Å²) in [6.45, 7) is 9.75. The molecule has 12 nitrogen and oxygen atoms in total. The van der Waals surface area contributed by atoms with Crippen molar-refractivity contribution in [3.05, 3.63) is 90.1 Å². The highest BCUT2D eigenvalue weighted by molar-refractivity contribution is 6.01. The molecule has 0 aliphatic carbocycles. The minimum Gasteiger partial charge on any atom is -0.369 e. The molecule has 2 aromatic carbocycles. The van der Waals surface area contributed by atoms with Crippen LogP contribution in [0.2, 0.25) is 0 Å². The molecule has 3 saturated heterocycles. The van der Waals surface area contributed by atoms with Crippen LogP contribution in [0.3, 0.4) is 0 Å². The molecule has 0 saturated carbocycles. The predicted octanol–water partition coefficient (Wildman–Crippen LogP) is 5.29. The number of likely N-dealkylation sites (tertiary alicyclic amines) is 1. The van der Waals surface area contributed by atoms with Crippen molar-refractivity contribution >= 4 is 34.7 Å². The van der Waals surface area contributed by atoms with E-state index in [1.165, 1.54) is 11.8 Å². The Hall–Kier alpha value is -5.21. The maximum Gasteiger partial charge on any atom is 0.234 e. The van der Waals surface area contributed by atoms with E-state index >= 15 is 0 Å².